The van der Waals surface area contributed by atoms with Crippen LogP contribution in [0.25, 0.3) is 11.1 Å². The quantitative estimate of drug-likeness (QED) is 0.251. The number of piperazine rings is 1. The molecule has 4 bridgehead atoms. The van der Waals surface area contributed by atoms with Crippen LogP contribution in [0.4, 0.5) is 20.6 Å². The highest BCUT2D eigenvalue weighted by molar-refractivity contribution is 6.40. The summed E-state index contributed by atoms with van der Waals surface area (Å²) in [4.78, 5) is 47.1. The molecule has 8 rings (SSSR count). The number of hydrogen-bond donors (Lipinski definition) is 0. The fourth-order valence-corrected chi connectivity index (χ4v) is 9.11. The third kappa shape index (κ3) is 6.42. The fraction of sp³-hybridized carbons (Fsp3) is 0.462. The van der Waals surface area contributed by atoms with Crippen molar-refractivity contribution in [1.29, 1.82) is 0 Å². The fourth-order valence-electron chi connectivity index (χ4n) is 8.47. The number of carbonyl (C=O) groups excluding carboxylic acids is 3. The monoisotopic (exact) mass is 766 g/mol. The van der Waals surface area contributed by atoms with E-state index in [1.807, 2.05) is 26.8 Å². The zero-order valence-electron chi connectivity index (χ0n) is 30.0. The van der Waals surface area contributed by atoms with Gasteiger partial charge in [0, 0.05) is 47.6 Å². The van der Waals surface area contributed by atoms with Crippen LogP contribution in [-0.2, 0) is 20.8 Å². The van der Waals surface area contributed by atoms with Gasteiger partial charge in [0.05, 0.1) is 65.8 Å². The highest BCUT2D eigenvalue weighted by atomic mass is 35.5. The summed E-state index contributed by atoms with van der Waals surface area (Å²) in [5.41, 5.74) is 2.61. The van der Waals surface area contributed by atoms with E-state index in [1.165, 1.54) is 18.1 Å². The molecule has 11 nitrogen and oxygen atoms in total. The molecule has 5 aliphatic heterocycles. The van der Waals surface area contributed by atoms with Gasteiger partial charge in [-0.1, -0.05) is 41.4 Å². The first-order valence-electron chi connectivity index (χ1n) is 17.9. The highest BCUT2D eigenvalue weighted by Crippen LogP contribution is 2.45. The number of amides is 2. The number of methoxy groups -OCH3 is 1. The van der Waals surface area contributed by atoms with Crippen molar-refractivity contribution in [3.05, 3.63) is 75.0 Å². The summed E-state index contributed by atoms with van der Waals surface area (Å²) in [5, 5.41) is 0.423. The Labute approximate surface area is 317 Å². The third-order valence-electron chi connectivity index (χ3n) is 10.8. The second-order valence-corrected chi connectivity index (χ2v) is 16.2. The second kappa shape index (κ2) is 13.5. The number of carbonyl (C=O) groups is 3. The molecule has 3 aromatic carbocycles. The zero-order chi connectivity index (χ0) is 37.3. The molecular weight excluding hydrogens is 726 g/mol. The number of hydrogen-bond acceptors (Lipinski definition) is 9. The molecule has 4 atom stereocenters. The zero-order valence-corrected chi connectivity index (χ0v) is 31.5. The maximum Gasteiger partial charge on any atom is 0.410 e. The standard InChI is InChI=1S/C39H41Cl2FN4O7/c1-39(2,3)53-38(49)43-16-25-10-26(17-43)45(25)24-11-30(40)34(31(41)12-24)36(47)44-15-21-6-5-7-27(35(21)52-20-44)28-14-33(29(13-32(28)42)37(48)50-4)46-22-8-9-23(46)19-51-18-22/h5-7,11-14,22-23,25-26H,8-10,15-20H2,1-4H3. The minimum Gasteiger partial charge on any atom is -0.472 e. The minimum atomic E-state index is -0.611. The first-order valence-corrected chi connectivity index (χ1v) is 18.6. The Morgan fingerprint density at radius 3 is 2.21 bits per heavy atom. The average Bonchev–Trinajstić information content (AvgIpc) is 3.36. The number of esters is 1. The predicted molar refractivity (Wildman–Crippen MR) is 198 cm³/mol. The number of ether oxygens (including phenoxy) is 4. The molecule has 4 unspecified atom stereocenters. The lowest BCUT2D eigenvalue weighted by Gasteiger charge is -2.57. The molecule has 53 heavy (non-hydrogen) atoms. The Kier molecular flexibility index (Phi) is 9.14. The van der Waals surface area contributed by atoms with Crippen LogP contribution in [0.1, 0.15) is 66.3 Å². The molecule has 3 aromatic rings. The molecule has 0 radical (unpaired) electrons. The molecule has 2 amide bonds. The number of likely N-dealkylation sites (tertiary alicyclic amines) is 1. The number of anilines is 2. The smallest absolute Gasteiger partial charge is 0.410 e. The second-order valence-electron chi connectivity index (χ2n) is 15.4. The summed E-state index contributed by atoms with van der Waals surface area (Å²) >= 11 is 13.6. The van der Waals surface area contributed by atoms with E-state index in [0.717, 1.165) is 24.9 Å². The van der Waals surface area contributed by atoms with Gasteiger partial charge >= 0.3 is 12.1 Å². The van der Waals surface area contributed by atoms with E-state index in [0.29, 0.717) is 48.9 Å². The van der Waals surface area contributed by atoms with Gasteiger partial charge in [0.15, 0.2) is 6.73 Å². The van der Waals surface area contributed by atoms with Crippen LogP contribution in [-0.4, -0.2) is 97.7 Å². The van der Waals surface area contributed by atoms with Crippen LogP contribution < -0.4 is 14.5 Å². The molecule has 14 heteroatoms. The maximum absolute atomic E-state index is 16.0. The van der Waals surface area contributed by atoms with E-state index in [2.05, 4.69) is 9.80 Å². The van der Waals surface area contributed by atoms with Gasteiger partial charge < -0.3 is 38.5 Å². The van der Waals surface area contributed by atoms with Crippen molar-refractivity contribution < 1.29 is 37.7 Å². The van der Waals surface area contributed by atoms with Gasteiger partial charge in [-0.3, -0.25) is 4.79 Å². The summed E-state index contributed by atoms with van der Waals surface area (Å²) in [7, 11) is 1.29. The van der Waals surface area contributed by atoms with Crippen molar-refractivity contribution in [3.63, 3.8) is 0 Å². The molecule has 5 heterocycles. The van der Waals surface area contributed by atoms with Gasteiger partial charge in [0.2, 0.25) is 0 Å². The summed E-state index contributed by atoms with van der Waals surface area (Å²) < 4.78 is 38.5. The molecule has 0 N–H and O–H groups in total. The van der Waals surface area contributed by atoms with Crippen LogP contribution in [0.3, 0.4) is 0 Å². The van der Waals surface area contributed by atoms with E-state index < -0.39 is 23.3 Å². The molecule has 0 aliphatic carbocycles. The molecule has 0 saturated carbocycles. The first-order chi connectivity index (χ1) is 25.3. The number of fused-ring (bicyclic) bond motifs is 5. The summed E-state index contributed by atoms with van der Waals surface area (Å²) in [6.45, 7) is 7.70. The Hall–Kier alpha value is -4.26. The summed E-state index contributed by atoms with van der Waals surface area (Å²) in [6.07, 6.45) is 2.43. The number of rotatable bonds is 5. The van der Waals surface area contributed by atoms with Crippen molar-refractivity contribution in [1.82, 2.24) is 9.80 Å². The lowest BCUT2D eigenvalue weighted by molar-refractivity contribution is 0.00853. The number of halogens is 3. The number of benzene rings is 3. The van der Waals surface area contributed by atoms with Crippen molar-refractivity contribution in [3.8, 4) is 16.9 Å². The van der Waals surface area contributed by atoms with Gasteiger partial charge in [-0.25, -0.2) is 14.0 Å². The Morgan fingerprint density at radius 1 is 0.887 bits per heavy atom. The predicted octanol–water partition coefficient (Wildman–Crippen LogP) is 7.14. The molecule has 0 spiro atoms. The SMILES string of the molecule is COC(=O)c1cc(F)c(-c2cccc3c2OCN(C(=O)c2c(Cl)cc(N4C5CC4CN(C(=O)OC(C)(C)C)C5)cc2Cl)C3)cc1N1C2CCC1COC2. The number of morpholine rings is 1. The lowest BCUT2D eigenvalue weighted by Crippen LogP contribution is -2.70. The van der Waals surface area contributed by atoms with Crippen molar-refractivity contribution in [2.24, 2.45) is 0 Å². The van der Waals surface area contributed by atoms with Crippen LogP contribution in [0.5, 0.6) is 5.75 Å². The van der Waals surface area contributed by atoms with Gasteiger partial charge in [-0.15, -0.1) is 0 Å². The van der Waals surface area contributed by atoms with Crippen molar-refractivity contribution in [2.75, 3.05) is 49.9 Å². The van der Waals surface area contributed by atoms with Crippen molar-refractivity contribution >= 4 is 52.5 Å². The van der Waals surface area contributed by atoms with E-state index in [4.69, 9.17) is 42.1 Å². The van der Waals surface area contributed by atoms with E-state index in [1.54, 1.807) is 35.2 Å². The minimum absolute atomic E-state index is 0.0729. The Balaban J connectivity index is 1.02. The average molecular weight is 768 g/mol. The Morgan fingerprint density at radius 2 is 1.57 bits per heavy atom. The molecule has 4 fully saturated rings. The maximum atomic E-state index is 16.0. The highest BCUT2D eigenvalue weighted by Gasteiger charge is 2.47. The van der Waals surface area contributed by atoms with Crippen LogP contribution in [0, 0.1) is 5.82 Å². The van der Waals surface area contributed by atoms with Gasteiger partial charge in [0.25, 0.3) is 5.91 Å². The topological polar surface area (TPSA) is 101 Å². The van der Waals surface area contributed by atoms with Gasteiger partial charge in [0.1, 0.15) is 17.2 Å². The summed E-state index contributed by atoms with van der Waals surface area (Å²) in [5.74, 6) is -1.15. The largest absolute Gasteiger partial charge is 0.472 e. The molecule has 4 saturated heterocycles. The van der Waals surface area contributed by atoms with E-state index >= 15 is 4.39 Å². The number of piperidine rings is 1. The molecular formula is C39H41Cl2FN4O7. The van der Waals surface area contributed by atoms with Crippen LogP contribution in [0.15, 0.2) is 42.5 Å². The normalized spacial score (nSPS) is 23.2. The van der Waals surface area contributed by atoms with Crippen LogP contribution in [0.2, 0.25) is 10.0 Å². The summed E-state index contributed by atoms with van der Waals surface area (Å²) in [6, 6.07) is 12.1. The van der Waals surface area contributed by atoms with Crippen molar-refractivity contribution in [2.45, 2.75) is 76.3 Å². The van der Waals surface area contributed by atoms with Gasteiger partial charge in [-0.2, -0.15) is 0 Å². The van der Waals surface area contributed by atoms with Gasteiger partial charge in [-0.05, 0) is 64.3 Å². The third-order valence-corrected chi connectivity index (χ3v) is 11.4. The first kappa shape index (κ1) is 35.8. The van der Waals surface area contributed by atoms with E-state index in [9.17, 15) is 14.4 Å². The number of para-hydroxylation sites is 1. The lowest BCUT2D eigenvalue weighted by atomic mass is 9.86. The number of nitrogens with zero attached hydrogens (tertiary/aromatic N) is 4. The van der Waals surface area contributed by atoms with E-state index in [-0.39, 0.29) is 70.3 Å². The molecule has 0 aromatic heterocycles. The molecule has 280 valence electrons. The molecule has 5 aliphatic rings. The van der Waals surface area contributed by atoms with Crippen LogP contribution >= 0.6 is 23.2 Å². The Bertz CT molecular complexity index is 1960.